The van der Waals surface area contributed by atoms with Gasteiger partial charge >= 0.3 is 0 Å². The summed E-state index contributed by atoms with van der Waals surface area (Å²) in [6.07, 6.45) is 1.92. The van der Waals surface area contributed by atoms with Crippen molar-refractivity contribution >= 4 is 35.0 Å². The van der Waals surface area contributed by atoms with E-state index >= 15 is 0 Å². The minimum Gasteiger partial charge on any atom is -0.497 e. The van der Waals surface area contributed by atoms with E-state index in [4.69, 9.17) is 4.74 Å². The van der Waals surface area contributed by atoms with Crippen LogP contribution in [0.3, 0.4) is 0 Å². The Morgan fingerprint density at radius 1 is 1.09 bits per heavy atom. The molecule has 10 nitrogen and oxygen atoms in total. The molecule has 0 radical (unpaired) electrons. The van der Waals surface area contributed by atoms with Gasteiger partial charge in [-0.3, -0.25) is 9.59 Å². The van der Waals surface area contributed by atoms with Gasteiger partial charge in [0, 0.05) is 50.1 Å². The standard InChI is InChI=1S/C25H29N7O3/c1-16-7-8-26-21(11-16)31-23-14-22(29-17(2)30-23)27-9-10-28-25(34)18-12-24(33)32(15-18)19-5-4-6-20(13-19)35-3/h4-8,11,13-14,18H,9-10,12,15H2,1-3H3,(H,28,34)(H2,26,27,29,30,31). The largest absolute Gasteiger partial charge is 0.497 e. The molecule has 182 valence electrons. The van der Waals surface area contributed by atoms with Crippen molar-refractivity contribution < 1.29 is 14.3 Å². The molecular weight excluding hydrogens is 446 g/mol. The Morgan fingerprint density at radius 3 is 2.71 bits per heavy atom. The molecule has 3 N–H and O–H groups in total. The van der Waals surface area contributed by atoms with Crippen molar-refractivity contribution in [3.8, 4) is 5.75 Å². The lowest BCUT2D eigenvalue weighted by molar-refractivity contribution is -0.126. The molecule has 0 aliphatic carbocycles. The van der Waals surface area contributed by atoms with Crippen LogP contribution in [-0.4, -0.2) is 53.5 Å². The van der Waals surface area contributed by atoms with Crippen molar-refractivity contribution in [2.75, 3.05) is 42.3 Å². The van der Waals surface area contributed by atoms with E-state index in [0.717, 1.165) is 11.3 Å². The van der Waals surface area contributed by atoms with Gasteiger partial charge in [-0.15, -0.1) is 0 Å². The molecule has 1 aromatic carbocycles. The van der Waals surface area contributed by atoms with E-state index in [1.165, 1.54) is 0 Å². The first-order valence-electron chi connectivity index (χ1n) is 11.4. The van der Waals surface area contributed by atoms with Gasteiger partial charge in [-0.1, -0.05) is 6.07 Å². The quantitative estimate of drug-likeness (QED) is 0.404. The Bertz CT molecular complexity index is 1220. The van der Waals surface area contributed by atoms with Gasteiger partial charge in [-0.2, -0.15) is 0 Å². The van der Waals surface area contributed by atoms with Crippen LogP contribution in [0.2, 0.25) is 0 Å². The number of aryl methyl sites for hydroxylation is 2. The van der Waals surface area contributed by atoms with Crippen molar-refractivity contribution in [1.29, 1.82) is 0 Å². The highest BCUT2D eigenvalue weighted by Gasteiger charge is 2.35. The number of ether oxygens (including phenoxy) is 1. The van der Waals surface area contributed by atoms with E-state index in [0.29, 0.717) is 48.7 Å². The number of carbonyl (C=O) groups excluding carboxylic acids is 2. The second-order valence-corrected chi connectivity index (χ2v) is 8.35. The average molecular weight is 476 g/mol. The van der Waals surface area contributed by atoms with Crippen LogP contribution in [0.4, 0.5) is 23.1 Å². The molecule has 2 amide bonds. The molecule has 0 saturated carbocycles. The molecule has 0 bridgehead atoms. The number of hydrogen-bond acceptors (Lipinski definition) is 8. The number of hydrogen-bond donors (Lipinski definition) is 3. The summed E-state index contributed by atoms with van der Waals surface area (Å²) in [7, 11) is 1.58. The molecule has 1 aliphatic rings. The summed E-state index contributed by atoms with van der Waals surface area (Å²) >= 11 is 0. The van der Waals surface area contributed by atoms with Crippen LogP contribution < -0.4 is 25.6 Å². The van der Waals surface area contributed by atoms with Crippen molar-refractivity contribution in [2.45, 2.75) is 20.3 Å². The summed E-state index contributed by atoms with van der Waals surface area (Å²) in [5, 5.41) is 9.30. The molecule has 1 atom stereocenters. The molecule has 3 aromatic rings. The Hall–Kier alpha value is -4.21. The predicted molar refractivity (Wildman–Crippen MR) is 134 cm³/mol. The van der Waals surface area contributed by atoms with Crippen LogP contribution in [-0.2, 0) is 9.59 Å². The normalized spacial score (nSPS) is 15.1. The lowest BCUT2D eigenvalue weighted by Gasteiger charge is -2.17. The molecular formula is C25H29N7O3. The van der Waals surface area contributed by atoms with Gasteiger partial charge in [-0.25, -0.2) is 15.0 Å². The summed E-state index contributed by atoms with van der Waals surface area (Å²) in [5.41, 5.74) is 1.83. The fourth-order valence-corrected chi connectivity index (χ4v) is 3.89. The molecule has 3 heterocycles. The number of anilines is 4. The number of benzene rings is 1. The van der Waals surface area contributed by atoms with Crippen LogP contribution in [0.5, 0.6) is 5.75 Å². The first kappa shape index (κ1) is 23.9. The van der Waals surface area contributed by atoms with Gasteiger partial charge in [-0.05, 0) is 43.7 Å². The lowest BCUT2D eigenvalue weighted by atomic mass is 10.1. The van der Waals surface area contributed by atoms with Crippen LogP contribution in [0.25, 0.3) is 0 Å². The Morgan fingerprint density at radius 2 is 1.91 bits per heavy atom. The second-order valence-electron chi connectivity index (χ2n) is 8.35. The monoisotopic (exact) mass is 475 g/mol. The SMILES string of the molecule is COc1cccc(N2CC(C(=O)NCCNc3cc(Nc4cc(C)ccn4)nc(C)n3)CC2=O)c1. The van der Waals surface area contributed by atoms with Gasteiger partial charge in [0.15, 0.2) is 0 Å². The number of pyridine rings is 1. The summed E-state index contributed by atoms with van der Waals surface area (Å²) < 4.78 is 5.23. The van der Waals surface area contributed by atoms with E-state index in [-0.39, 0.29) is 18.2 Å². The molecule has 10 heteroatoms. The molecule has 1 fully saturated rings. The maximum atomic E-state index is 12.7. The number of aromatic nitrogens is 3. The third-order valence-corrected chi connectivity index (χ3v) is 5.60. The van der Waals surface area contributed by atoms with E-state index < -0.39 is 5.92 Å². The Balaban J connectivity index is 1.27. The van der Waals surface area contributed by atoms with E-state index in [1.54, 1.807) is 30.3 Å². The number of amides is 2. The van der Waals surface area contributed by atoms with Crippen molar-refractivity contribution in [3.63, 3.8) is 0 Å². The number of rotatable bonds is 9. The van der Waals surface area contributed by atoms with E-state index in [9.17, 15) is 9.59 Å². The lowest BCUT2D eigenvalue weighted by Crippen LogP contribution is -2.35. The van der Waals surface area contributed by atoms with Gasteiger partial charge in [0.1, 0.15) is 29.0 Å². The number of nitrogens with one attached hydrogen (secondary N) is 3. The first-order chi connectivity index (χ1) is 16.9. The Labute approximate surface area is 204 Å². The Kier molecular flexibility index (Phi) is 7.39. The molecule has 0 spiro atoms. The molecule has 4 rings (SSSR count). The first-order valence-corrected chi connectivity index (χ1v) is 11.4. The molecule has 1 aliphatic heterocycles. The summed E-state index contributed by atoms with van der Waals surface area (Å²) in [6, 6.07) is 12.9. The third-order valence-electron chi connectivity index (χ3n) is 5.60. The fraction of sp³-hybridized carbons (Fsp3) is 0.320. The second kappa shape index (κ2) is 10.8. The highest BCUT2D eigenvalue weighted by atomic mass is 16.5. The van der Waals surface area contributed by atoms with Gasteiger partial charge < -0.3 is 25.6 Å². The highest BCUT2D eigenvalue weighted by molar-refractivity contribution is 6.00. The predicted octanol–water partition coefficient (Wildman–Crippen LogP) is 2.82. The number of methoxy groups -OCH3 is 1. The zero-order valence-corrected chi connectivity index (χ0v) is 20.0. The van der Waals surface area contributed by atoms with E-state index in [1.807, 2.05) is 44.2 Å². The third kappa shape index (κ3) is 6.23. The maximum Gasteiger partial charge on any atom is 0.227 e. The van der Waals surface area contributed by atoms with Gasteiger partial charge in [0.25, 0.3) is 0 Å². The topological polar surface area (TPSA) is 121 Å². The fourth-order valence-electron chi connectivity index (χ4n) is 3.89. The summed E-state index contributed by atoms with van der Waals surface area (Å²) in [4.78, 5) is 39.9. The maximum absolute atomic E-state index is 12.7. The number of carbonyl (C=O) groups is 2. The summed E-state index contributed by atoms with van der Waals surface area (Å²) in [5.74, 6) is 2.64. The van der Waals surface area contributed by atoms with Crippen LogP contribution >= 0.6 is 0 Å². The van der Waals surface area contributed by atoms with Crippen LogP contribution in [0.1, 0.15) is 17.8 Å². The summed E-state index contributed by atoms with van der Waals surface area (Å²) in [6.45, 7) is 5.03. The highest BCUT2D eigenvalue weighted by Crippen LogP contribution is 2.28. The minimum atomic E-state index is -0.396. The van der Waals surface area contributed by atoms with Crippen LogP contribution in [0.15, 0.2) is 48.7 Å². The zero-order chi connectivity index (χ0) is 24.8. The molecule has 1 unspecified atom stereocenters. The van der Waals surface area contributed by atoms with E-state index in [2.05, 4.69) is 30.9 Å². The number of nitrogens with zero attached hydrogens (tertiary/aromatic N) is 4. The van der Waals surface area contributed by atoms with Gasteiger partial charge in [0.2, 0.25) is 11.8 Å². The van der Waals surface area contributed by atoms with Crippen molar-refractivity contribution in [2.24, 2.45) is 5.92 Å². The van der Waals surface area contributed by atoms with Crippen LogP contribution in [0, 0.1) is 19.8 Å². The molecule has 35 heavy (non-hydrogen) atoms. The molecule has 1 saturated heterocycles. The molecule has 2 aromatic heterocycles. The van der Waals surface area contributed by atoms with Crippen molar-refractivity contribution in [3.05, 3.63) is 60.0 Å². The van der Waals surface area contributed by atoms with Gasteiger partial charge in [0.05, 0.1) is 13.0 Å². The average Bonchev–Trinajstić information content (AvgIpc) is 3.23. The van der Waals surface area contributed by atoms with Crippen molar-refractivity contribution in [1.82, 2.24) is 20.3 Å². The zero-order valence-electron chi connectivity index (χ0n) is 20.0. The smallest absolute Gasteiger partial charge is 0.227 e. The minimum absolute atomic E-state index is 0.0730.